The van der Waals surface area contributed by atoms with E-state index in [1.54, 1.807) is 6.07 Å². The second kappa shape index (κ2) is 6.27. The first-order chi connectivity index (χ1) is 9.52. The summed E-state index contributed by atoms with van der Waals surface area (Å²) in [4.78, 5) is 14.8. The van der Waals surface area contributed by atoms with Crippen LogP contribution in [-0.4, -0.2) is 28.9 Å². The summed E-state index contributed by atoms with van der Waals surface area (Å²) in [6.07, 6.45) is 3.46. The molecular weight excluding hydrogens is 250 g/mol. The Morgan fingerprint density at radius 3 is 2.90 bits per heavy atom. The minimum atomic E-state index is -0.112. The fourth-order valence-electron chi connectivity index (χ4n) is 3.20. The zero-order valence-electron chi connectivity index (χ0n) is 12.6. The highest BCUT2D eigenvalue weighted by Gasteiger charge is 2.35. The summed E-state index contributed by atoms with van der Waals surface area (Å²) in [6.45, 7) is 6.39. The van der Waals surface area contributed by atoms with Crippen molar-refractivity contribution < 1.29 is 4.79 Å². The van der Waals surface area contributed by atoms with Gasteiger partial charge in [-0.1, -0.05) is 13.0 Å². The van der Waals surface area contributed by atoms with Crippen LogP contribution in [0.2, 0.25) is 0 Å². The van der Waals surface area contributed by atoms with Gasteiger partial charge in [0.1, 0.15) is 0 Å². The fourth-order valence-corrected chi connectivity index (χ4v) is 3.20. The average molecular weight is 275 g/mol. The van der Waals surface area contributed by atoms with Crippen molar-refractivity contribution in [3.8, 4) is 0 Å². The van der Waals surface area contributed by atoms with E-state index in [-0.39, 0.29) is 11.9 Å². The molecule has 4 heteroatoms. The quantitative estimate of drug-likeness (QED) is 0.831. The van der Waals surface area contributed by atoms with Gasteiger partial charge < -0.3 is 11.1 Å². The molecule has 20 heavy (non-hydrogen) atoms. The predicted octanol–water partition coefficient (Wildman–Crippen LogP) is 2.86. The molecule has 1 saturated heterocycles. The molecule has 110 valence electrons. The first-order valence-electron chi connectivity index (χ1n) is 7.46. The fraction of sp³-hybridized carbons (Fsp3) is 0.562. The number of nitrogens with one attached hydrogen (secondary N) is 1. The Balaban J connectivity index is 2.04. The van der Waals surface area contributed by atoms with Crippen molar-refractivity contribution in [2.24, 2.45) is 0 Å². The van der Waals surface area contributed by atoms with Crippen LogP contribution in [-0.2, 0) is 4.79 Å². The maximum absolute atomic E-state index is 12.4. The second-order valence-electron chi connectivity index (χ2n) is 5.73. The second-order valence-corrected chi connectivity index (χ2v) is 5.73. The highest BCUT2D eigenvalue weighted by molar-refractivity contribution is 5.95. The van der Waals surface area contributed by atoms with E-state index in [9.17, 15) is 4.79 Å². The third kappa shape index (κ3) is 3.12. The van der Waals surface area contributed by atoms with Crippen molar-refractivity contribution in [2.45, 2.75) is 58.2 Å². The van der Waals surface area contributed by atoms with Crippen LogP contribution in [0.1, 0.15) is 40.0 Å². The van der Waals surface area contributed by atoms with Gasteiger partial charge in [0, 0.05) is 23.5 Å². The Bertz CT molecular complexity index is 475. The molecule has 1 aromatic rings. The number of nitrogen functional groups attached to an aromatic ring is 1. The van der Waals surface area contributed by atoms with Crippen LogP contribution >= 0.6 is 0 Å². The Labute approximate surface area is 121 Å². The number of nitrogens with zero attached hydrogens (tertiary/aromatic N) is 1. The number of benzene rings is 1. The van der Waals surface area contributed by atoms with Crippen molar-refractivity contribution in [1.29, 1.82) is 0 Å². The lowest BCUT2D eigenvalue weighted by molar-refractivity contribution is -0.121. The van der Waals surface area contributed by atoms with Gasteiger partial charge in [-0.3, -0.25) is 9.69 Å². The van der Waals surface area contributed by atoms with Gasteiger partial charge in [0.15, 0.2) is 0 Å². The molecule has 3 N–H and O–H groups in total. The molecule has 3 atom stereocenters. The smallest absolute Gasteiger partial charge is 0.241 e. The molecule has 1 heterocycles. The lowest BCUT2D eigenvalue weighted by Crippen LogP contribution is -2.47. The first-order valence-corrected chi connectivity index (χ1v) is 7.46. The Morgan fingerprint density at radius 2 is 2.25 bits per heavy atom. The van der Waals surface area contributed by atoms with Crippen molar-refractivity contribution in [3.63, 3.8) is 0 Å². The Hall–Kier alpha value is -1.55. The summed E-state index contributed by atoms with van der Waals surface area (Å²) in [6, 6.07) is 8.20. The zero-order chi connectivity index (χ0) is 14.7. The summed E-state index contributed by atoms with van der Waals surface area (Å²) >= 11 is 0. The van der Waals surface area contributed by atoms with E-state index >= 15 is 0 Å². The number of rotatable bonds is 4. The molecule has 3 unspecified atom stereocenters. The highest BCUT2D eigenvalue weighted by Crippen LogP contribution is 2.28. The molecule has 0 bridgehead atoms. The van der Waals surface area contributed by atoms with E-state index in [1.807, 2.05) is 25.1 Å². The molecule has 0 saturated carbocycles. The molecule has 4 nitrogen and oxygen atoms in total. The SMILES string of the molecule is CCC1CCC(C)N1C(C)C(=O)Nc1cccc(N)c1. The van der Waals surface area contributed by atoms with Crippen LogP contribution in [0.25, 0.3) is 0 Å². The average Bonchev–Trinajstić information content (AvgIpc) is 2.79. The third-order valence-electron chi connectivity index (χ3n) is 4.30. The standard InChI is InChI=1S/C16H25N3O/c1-4-15-9-8-11(2)19(15)12(3)16(20)18-14-7-5-6-13(17)10-14/h5-7,10-12,15H,4,8-9,17H2,1-3H3,(H,18,20). The Morgan fingerprint density at radius 1 is 1.50 bits per heavy atom. The number of anilines is 2. The summed E-state index contributed by atoms with van der Waals surface area (Å²) in [5, 5.41) is 2.96. The van der Waals surface area contributed by atoms with E-state index < -0.39 is 0 Å². The molecule has 1 amide bonds. The largest absolute Gasteiger partial charge is 0.399 e. The molecule has 0 aliphatic carbocycles. The van der Waals surface area contributed by atoms with Crippen LogP contribution in [0.3, 0.4) is 0 Å². The van der Waals surface area contributed by atoms with Crippen LogP contribution in [0.4, 0.5) is 11.4 Å². The van der Waals surface area contributed by atoms with Gasteiger partial charge >= 0.3 is 0 Å². The molecule has 2 rings (SSSR count). The van der Waals surface area contributed by atoms with E-state index in [0.717, 1.165) is 12.1 Å². The molecular formula is C16H25N3O. The van der Waals surface area contributed by atoms with Gasteiger partial charge in [-0.15, -0.1) is 0 Å². The summed E-state index contributed by atoms with van der Waals surface area (Å²) in [5.41, 5.74) is 7.17. The maximum Gasteiger partial charge on any atom is 0.241 e. The minimum absolute atomic E-state index is 0.0443. The highest BCUT2D eigenvalue weighted by atomic mass is 16.2. The van der Waals surface area contributed by atoms with E-state index in [0.29, 0.717) is 17.8 Å². The molecule has 1 fully saturated rings. The predicted molar refractivity (Wildman–Crippen MR) is 83.6 cm³/mol. The molecule has 1 aromatic carbocycles. The van der Waals surface area contributed by atoms with Gasteiger partial charge in [0.05, 0.1) is 6.04 Å². The van der Waals surface area contributed by atoms with Gasteiger partial charge in [0.25, 0.3) is 0 Å². The van der Waals surface area contributed by atoms with Crippen LogP contribution in [0.5, 0.6) is 0 Å². The monoisotopic (exact) mass is 275 g/mol. The lowest BCUT2D eigenvalue weighted by Gasteiger charge is -2.32. The van der Waals surface area contributed by atoms with Gasteiger partial charge in [-0.2, -0.15) is 0 Å². The third-order valence-corrected chi connectivity index (χ3v) is 4.30. The van der Waals surface area contributed by atoms with Crippen molar-refractivity contribution >= 4 is 17.3 Å². The maximum atomic E-state index is 12.4. The molecule has 1 aliphatic rings. The molecule has 0 radical (unpaired) electrons. The number of carbonyl (C=O) groups is 1. The number of likely N-dealkylation sites (tertiary alicyclic amines) is 1. The normalized spacial score (nSPS) is 24.6. The van der Waals surface area contributed by atoms with Crippen molar-refractivity contribution in [2.75, 3.05) is 11.1 Å². The number of nitrogens with two attached hydrogens (primary N) is 1. The van der Waals surface area contributed by atoms with E-state index in [4.69, 9.17) is 5.73 Å². The molecule has 0 aromatic heterocycles. The van der Waals surface area contributed by atoms with Crippen LogP contribution in [0.15, 0.2) is 24.3 Å². The molecule has 1 aliphatic heterocycles. The zero-order valence-corrected chi connectivity index (χ0v) is 12.6. The van der Waals surface area contributed by atoms with Gasteiger partial charge in [0.2, 0.25) is 5.91 Å². The number of hydrogen-bond acceptors (Lipinski definition) is 3. The topological polar surface area (TPSA) is 58.4 Å². The van der Waals surface area contributed by atoms with Gasteiger partial charge in [-0.05, 0) is 51.3 Å². The molecule has 0 spiro atoms. The lowest BCUT2D eigenvalue weighted by atomic mass is 10.1. The summed E-state index contributed by atoms with van der Waals surface area (Å²) < 4.78 is 0. The van der Waals surface area contributed by atoms with Gasteiger partial charge in [-0.25, -0.2) is 0 Å². The van der Waals surface area contributed by atoms with Crippen LogP contribution in [0, 0.1) is 0 Å². The number of amides is 1. The van der Waals surface area contributed by atoms with Crippen molar-refractivity contribution in [1.82, 2.24) is 4.90 Å². The Kier molecular flexibility index (Phi) is 4.65. The summed E-state index contributed by atoms with van der Waals surface area (Å²) in [5.74, 6) is 0.0443. The first kappa shape index (κ1) is 14.9. The number of hydrogen-bond donors (Lipinski definition) is 2. The number of carbonyl (C=O) groups excluding carboxylic acids is 1. The minimum Gasteiger partial charge on any atom is -0.399 e. The summed E-state index contributed by atoms with van der Waals surface area (Å²) in [7, 11) is 0. The van der Waals surface area contributed by atoms with E-state index in [1.165, 1.54) is 12.8 Å². The van der Waals surface area contributed by atoms with Crippen LogP contribution < -0.4 is 11.1 Å². The van der Waals surface area contributed by atoms with E-state index in [2.05, 4.69) is 24.1 Å². The van der Waals surface area contributed by atoms with Crippen molar-refractivity contribution in [3.05, 3.63) is 24.3 Å².